The minimum absolute atomic E-state index is 0.668. The molecule has 0 bridgehead atoms. The molecular formula is C12H15BrClNO. The van der Waals surface area contributed by atoms with Crippen LogP contribution in [0.5, 0.6) is 5.75 Å². The summed E-state index contributed by atoms with van der Waals surface area (Å²) < 4.78 is 6.62. The number of halogens is 2. The molecule has 1 aliphatic heterocycles. The van der Waals surface area contributed by atoms with E-state index in [1.165, 1.54) is 12.8 Å². The second-order valence-electron chi connectivity index (χ2n) is 3.86. The number of hydrogen-bond acceptors (Lipinski definition) is 2. The minimum atomic E-state index is 0.668. The Morgan fingerprint density at radius 3 is 2.69 bits per heavy atom. The number of rotatable bonds is 3. The molecule has 1 aliphatic rings. The van der Waals surface area contributed by atoms with Gasteiger partial charge in [-0.05, 0) is 47.8 Å². The molecule has 0 saturated carbocycles. The average Bonchev–Trinajstić information content (AvgIpc) is 2.75. The van der Waals surface area contributed by atoms with Crippen LogP contribution in [-0.4, -0.2) is 19.7 Å². The number of hydrogen-bond donors (Lipinski definition) is 0. The molecule has 1 saturated heterocycles. The van der Waals surface area contributed by atoms with Crippen molar-refractivity contribution < 1.29 is 4.74 Å². The van der Waals surface area contributed by atoms with E-state index in [0.29, 0.717) is 6.61 Å². The van der Waals surface area contributed by atoms with E-state index in [9.17, 15) is 0 Å². The standard InChI is InChI=1S/C12H15BrClNO/c1-2-16-12-10(13)7-9(14)8-11(12)15-5-3-4-6-15/h7-8H,2-6H2,1H3. The number of ether oxygens (including phenoxy) is 1. The fraction of sp³-hybridized carbons (Fsp3) is 0.500. The van der Waals surface area contributed by atoms with Gasteiger partial charge in [0.2, 0.25) is 0 Å². The van der Waals surface area contributed by atoms with E-state index in [0.717, 1.165) is 34.0 Å². The number of nitrogens with zero attached hydrogens (tertiary/aromatic N) is 1. The predicted molar refractivity (Wildman–Crippen MR) is 71.8 cm³/mol. The van der Waals surface area contributed by atoms with E-state index in [2.05, 4.69) is 20.8 Å². The van der Waals surface area contributed by atoms with Gasteiger partial charge in [0, 0.05) is 18.1 Å². The van der Waals surface area contributed by atoms with Crippen LogP contribution < -0.4 is 9.64 Å². The molecule has 4 heteroatoms. The lowest BCUT2D eigenvalue weighted by atomic mass is 10.2. The first-order chi connectivity index (χ1) is 7.72. The Bertz CT molecular complexity index is 378. The smallest absolute Gasteiger partial charge is 0.156 e. The van der Waals surface area contributed by atoms with E-state index in [4.69, 9.17) is 16.3 Å². The van der Waals surface area contributed by atoms with E-state index in [1.54, 1.807) is 0 Å². The van der Waals surface area contributed by atoms with Crippen molar-refractivity contribution in [3.8, 4) is 5.75 Å². The topological polar surface area (TPSA) is 12.5 Å². The van der Waals surface area contributed by atoms with Gasteiger partial charge in [-0.3, -0.25) is 0 Å². The average molecular weight is 305 g/mol. The lowest BCUT2D eigenvalue weighted by Gasteiger charge is -2.22. The third-order valence-electron chi connectivity index (χ3n) is 2.72. The largest absolute Gasteiger partial charge is 0.491 e. The maximum atomic E-state index is 6.09. The van der Waals surface area contributed by atoms with Crippen LogP contribution >= 0.6 is 27.5 Å². The van der Waals surface area contributed by atoms with Crippen molar-refractivity contribution in [2.45, 2.75) is 19.8 Å². The van der Waals surface area contributed by atoms with Gasteiger partial charge in [0.15, 0.2) is 5.75 Å². The van der Waals surface area contributed by atoms with E-state index >= 15 is 0 Å². The zero-order valence-corrected chi connectivity index (χ0v) is 11.6. The fourth-order valence-corrected chi connectivity index (χ4v) is 2.94. The molecule has 0 aromatic heterocycles. The Kier molecular flexibility index (Phi) is 3.98. The molecule has 0 unspecified atom stereocenters. The third kappa shape index (κ3) is 2.46. The summed E-state index contributed by atoms with van der Waals surface area (Å²) in [6, 6.07) is 3.87. The second-order valence-corrected chi connectivity index (χ2v) is 5.15. The van der Waals surface area contributed by atoms with Crippen LogP contribution in [0.1, 0.15) is 19.8 Å². The molecule has 2 rings (SSSR count). The first-order valence-electron chi connectivity index (χ1n) is 5.59. The zero-order valence-electron chi connectivity index (χ0n) is 9.30. The Morgan fingerprint density at radius 2 is 2.06 bits per heavy atom. The van der Waals surface area contributed by atoms with Gasteiger partial charge >= 0.3 is 0 Å². The van der Waals surface area contributed by atoms with Gasteiger partial charge in [-0.2, -0.15) is 0 Å². The summed E-state index contributed by atoms with van der Waals surface area (Å²) in [5.74, 6) is 0.911. The zero-order chi connectivity index (χ0) is 11.5. The van der Waals surface area contributed by atoms with Gasteiger partial charge in [-0.25, -0.2) is 0 Å². The van der Waals surface area contributed by atoms with Crippen LogP contribution in [0.3, 0.4) is 0 Å². The van der Waals surface area contributed by atoms with Crippen molar-refractivity contribution in [3.63, 3.8) is 0 Å². The van der Waals surface area contributed by atoms with Crippen LogP contribution in [-0.2, 0) is 0 Å². The van der Waals surface area contributed by atoms with Crippen molar-refractivity contribution in [3.05, 3.63) is 21.6 Å². The maximum absolute atomic E-state index is 6.09. The van der Waals surface area contributed by atoms with Crippen molar-refractivity contribution >= 4 is 33.2 Å². The molecule has 16 heavy (non-hydrogen) atoms. The molecule has 0 radical (unpaired) electrons. The lowest BCUT2D eigenvalue weighted by molar-refractivity contribution is 0.338. The van der Waals surface area contributed by atoms with Crippen molar-refractivity contribution in [2.24, 2.45) is 0 Å². The first kappa shape index (κ1) is 12.1. The SMILES string of the molecule is CCOc1c(Br)cc(Cl)cc1N1CCCC1. The Hall–Kier alpha value is -0.410. The van der Waals surface area contributed by atoms with Crippen LogP contribution in [0.15, 0.2) is 16.6 Å². The highest BCUT2D eigenvalue weighted by molar-refractivity contribution is 9.10. The predicted octanol–water partition coefficient (Wildman–Crippen LogP) is 4.10. The van der Waals surface area contributed by atoms with Gasteiger partial charge < -0.3 is 9.64 Å². The van der Waals surface area contributed by atoms with Crippen LogP contribution in [0, 0.1) is 0 Å². The van der Waals surface area contributed by atoms with Gasteiger partial charge in [0.25, 0.3) is 0 Å². The quantitative estimate of drug-likeness (QED) is 0.833. The van der Waals surface area contributed by atoms with E-state index in [-0.39, 0.29) is 0 Å². The van der Waals surface area contributed by atoms with E-state index < -0.39 is 0 Å². The van der Waals surface area contributed by atoms with Crippen molar-refractivity contribution in [1.29, 1.82) is 0 Å². The molecule has 0 aliphatic carbocycles. The molecule has 1 aromatic rings. The highest BCUT2D eigenvalue weighted by atomic mass is 79.9. The van der Waals surface area contributed by atoms with Crippen LogP contribution in [0.4, 0.5) is 5.69 Å². The molecule has 0 spiro atoms. The molecule has 1 heterocycles. The molecule has 0 N–H and O–H groups in total. The third-order valence-corrected chi connectivity index (χ3v) is 3.53. The summed E-state index contributed by atoms with van der Waals surface area (Å²) >= 11 is 9.60. The van der Waals surface area contributed by atoms with E-state index in [1.807, 2.05) is 19.1 Å². The minimum Gasteiger partial charge on any atom is -0.491 e. The number of anilines is 1. The van der Waals surface area contributed by atoms with Gasteiger partial charge in [0.1, 0.15) is 0 Å². The second kappa shape index (κ2) is 5.28. The van der Waals surface area contributed by atoms with Gasteiger partial charge in [-0.1, -0.05) is 11.6 Å². The number of benzene rings is 1. The van der Waals surface area contributed by atoms with Crippen LogP contribution in [0.2, 0.25) is 5.02 Å². The van der Waals surface area contributed by atoms with Crippen LogP contribution in [0.25, 0.3) is 0 Å². The summed E-state index contributed by atoms with van der Waals surface area (Å²) in [4.78, 5) is 2.33. The molecular weight excluding hydrogens is 289 g/mol. The molecule has 0 amide bonds. The summed E-state index contributed by atoms with van der Waals surface area (Å²) in [5.41, 5.74) is 1.11. The summed E-state index contributed by atoms with van der Waals surface area (Å²) in [6.45, 7) is 4.84. The Morgan fingerprint density at radius 1 is 1.38 bits per heavy atom. The molecule has 1 fully saturated rings. The summed E-state index contributed by atoms with van der Waals surface area (Å²) in [5, 5.41) is 0.747. The molecule has 2 nitrogen and oxygen atoms in total. The normalized spacial score (nSPS) is 15.6. The Balaban J connectivity index is 2.39. The fourth-order valence-electron chi connectivity index (χ4n) is 2.03. The lowest BCUT2D eigenvalue weighted by Crippen LogP contribution is -2.18. The molecule has 0 atom stereocenters. The first-order valence-corrected chi connectivity index (χ1v) is 6.76. The monoisotopic (exact) mass is 303 g/mol. The highest BCUT2D eigenvalue weighted by Crippen LogP contribution is 2.39. The summed E-state index contributed by atoms with van der Waals surface area (Å²) in [6.07, 6.45) is 2.49. The molecule has 1 aromatic carbocycles. The molecule has 88 valence electrons. The van der Waals surface area contributed by atoms with Gasteiger partial charge in [0.05, 0.1) is 16.8 Å². The summed E-state index contributed by atoms with van der Waals surface area (Å²) in [7, 11) is 0. The van der Waals surface area contributed by atoms with Crippen molar-refractivity contribution in [2.75, 3.05) is 24.6 Å². The Labute approximate surface area is 110 Å². The van der Waals surface area contributed by atoms with Crippen molar-refractivity contribution in [1.82, 2.24) is 0 Å². The maximum Gasteiger partial charge on any atom is 0.156 e. The highest BCUT2D eigenvalue weighted by Gasteiger charge is 2.19. The van der Waals surface area contributed by atoms with Gasteiger partial charge in [-0.15, -0.1) is 0 Å².